The highest BCUT2D eigenvalue weighted by molar-refractivity contribution is 6.43. The van der Waals surface area contributed by atoms with E-state index in [1.807, 2.05) is 24.8 Å². The van der Waals surface area contributed by atoms with Gasteiger partial charge in [-0.1, -0.05) is 12.1 Å². The van der Waals surface area contributed by atoms with Gasteiger partial charge in [-0.05, 0) is 69.7 Å². The summed E-state index contributed by atoms with van der Waals surface area (Å²) < 4.78 is 32.2. The van der Waals surface area contributed by atoms with E-state index in [4.69, 9.17) is 4.74 Å². The standard InChI is InChI=1S/C26H35BF2N4O5/c1-26(2,32-12-10-21(29)16-32)14-19(15-30)24(34)33-11-4-3-5-22(33)17-38-25(35)31-23(27(36)37)13-18-6-8-20(28)9-7-18/h6-9,14,21-23,36-37H,3-5,10-13,16-17H2,1-2H3,(H,31,35)/t21-,22+,23-/m0/s1. The number of piperidine rings is 1. The maximum atomic E-state index is 13.7. The molecule has 9 nitrogen and oxygen atoms in total. The molecule has 2 aliphatic rings. The van der Waals surface area contributed by atoms with Gasteiger partial charge in [-0.3, -0.25) is 9.69 Å². The average molecular weight is 532 g/mol. The maximum Gasteiger partial charge on any atom is 0.475 e. The molecule has 1 aromatic carbocycles. The molecule has 3 atom stereocenters. The van der Waals surface area contributed by atoms with Crippen LogP contribution in [0.1, 0.15) is 45.1 Å². The van der Waals surface area contributed by atoms with E-state index >= 15 is 0 Å². The van der Waals surface area contributed by atoms with Crippen LogP contribution in [0, 0.1) is 17.1 Å². The fourth-order valence-corrected chi connectivity index (χ4v) is 4.89. The number of hydrogen-bond donors (Lipinski definition) is 3. The fourth-order valence-electron chi connectivity index (χ4n) is 4.89. The Morgan fingerprint density at radius 3 is 2.58 bits per heavy atom. The smallest absolute Gasteiger partial charge is 0.447 e. The zero-order valence-electron chi connectivity index (χ0n) is 21.8. The van der Waals surface area contributed by atoms with E-state index in [9.17, 15) is 33.7 Å². The molecular weight excluding hydrogens is 497 g/mol. The highest BCUT2D eigenvalue weighted by atomic mass is 19.1. The van der Waals surface area contributed by atoms with Gasteiger partial charge >= 0.3 is 13.2 Å². The van der Waals surface area contributed by atoms with Crippen molar-refractivity contribution in [3.05, 3.63) is 47.3 Å². The summed E-state index contributed by atoms with van der Waals surface area (Å²) in [5.41, 5.74) is -0.145. The number of amides is 2. The third-order valence-corrected chi connectivity index (χ3v) is 7.12. The molecule has 2 heterocycles. The number of rotatable bonds is 9. The monoisotopic (exact) mass is 532 g/mol. The molecular formula is C26H35BF2N4O5. The minimum atomic E-state index is -1.88. The van der Waals surface area contributed by atoms with Crippen LogP contribution in [0.5, 0.6) is 0 Å². The number of alkyl carbamates (subject to hydrolysis) is 1. The van der Waals surface area contributed by atoms with Gasteiger partial charge in [0.25, 0.3) is 5.91 Å². The Morgan fingerprint density at radius 1 is 1.26 bits per heavy atom. The summed E-state index contributed by atoms with van der Waals surface area (Å²) in [5.74, 6) is -2.00. The van der Waals surface area contributed by atoms with Gasteiger partial charge < -0.3 is 25.0 Å². The molecule has 0 spiro atoms. The number of nitrogens with zero attached hydrogens (tertiary/aromatic N) is 3. The number of benzene rings is 1. The SMILES string of the molecule is CC(C)(C=C(C#N)C(=O)N1CCCC[C@@H]1COC(=O)N[C@@H](Cc1ccc(F)cc1)B(O)O)N1CC[C@H](F)C1. The molecule has 0 bridgehead atoms. The lowest BCUT2D eigenvalue weighted by molar-refractivity contribution is -0.131. The fraction of sp³-hybridized carbons (Fsp3) is 0.577. The van der Waals surface area contributed by atoms with Crippen LogP contribution < -0.4 is 5.32 Å². The zero-order valence-corrected chi connectivity index (χ0v) is 21.8. The van der Waals surface area contributed by atoms with Crippen molar-refractivity contribution in [1.29, 1.82) is 5.26 Å². The predicted molar refractivity (Wildman–Crippen MR) is 137 cm³/mol. The molecule has 0 unspecified atom stereocenters. The van der Waals surface area contributed by atoms with Crippen molar-refractivity contribution >= 4 is 19.1 Å². The second kappa shape index (κ2) is 13.2. The number of carbonyl (C=O) groups excluding carboxylic acids is 2. The summed E-state index contributed by atoms with van der Waals surface area (Å²) in [6.45, 7) is 4.73. The van der Waals surface area contributed by atoms with Gasteiger partial charge in [0.15, 0.2) is 0 Å². The normalized spacial score (nSPS) is 21.5. The van der Waals surface area contributed by atoms with Crippen LogP contribution in [0.25, 0.3) is 0 Å². The van der Waals surface area contributed by atoms with E-state index in [2.05, 4.69) is 5.32 Å². The molecule has 38 heavy (non-hydrogen) atoms. The Labute approximate surface area is 222 Å². The number of nitrogens with one attached hydrogen (secondary N) is 1. The first-order chi connectivity index (χ1) is 18.0. The number of alkyl halides is 1. The van der Waals surface area contributed by atoms with Crippen molar-refractivity contribution in [1.82, 2.24) is 15.1 Å². The maximum absolute atomic E-state index is 13.7. The van der Waals surface area contributed by atoms with Crippen molar-refractivity contribution in [2.24, 2.45) is 0 Å². The lowest BCUT2D eigenvalue weighted by Crippen LogP contribution is -2.50. The number of ether oxygens (including phenoxy) is 1. The van der Waals surface area contributed by atoms with E-state index < -0.39 is 48.6 Å². The van der Waals surface area contributed by atoms with Gasteiger partial charge in [-0.15, -0.1) is 0 Å². The minimum Gasteiger partial charge on any atom is -0.447 e. The number of nitriles is 1. The molecule has 2 saturated heterocycles. The molecule has 2 amide bonds. The first-order valence-electron chi connectivity index (χ1n) is 12.9. The zero-order chi connectivity index (χ0) is 27.9. The quantitative estimate of drug-likeness (QED) is 0.253. The van der Waals surface area contributed by atoms with Crippen LogP contribution in [-0.4, -0.2) is 88.9 Å². The minimum absolute atomic E-state index is 0.0351. The Morgan fingerprint density at radius 2 is 1.97 bits per heavy atom. The summed E-state index contributed by atoms with van der Waals surface area (Å²) >= 11 is 0. The van der Waals surface area contributed by atoms with E-state index in [0.29, 0.717) is 31.5 Å². The van der Waals surface area contributed by atoms with Crippen molar-refractivity contribution in [2.75, 3.05) is 26.2 Å². The van der Waals surface area contributed by atoms with Gasteiger partial charge in [-0.25, -0.2) is 13.6 Å². The van der Waals surface area contributed by atoms with Gasteiger partial charge in [0.2, 0.25) is 0 Å². The van der Waals surface area contributed by atoms with E-state index in [-0.39, 0.29) is 25.1 Å². The number of hydrogen-bond acceptors (Lipinski definition) is 7. The van der Waals surface area contributed by atoms with Crippen molar-refractivity contribution < 1.29 is 33.2 Å². The highest BCUT2D eigenvalue weighted by Gasteiger charge is 2.35. The van der Waals surface area contributed by atoms with Crippen LogP contribution in [0.15, 0.2) is 35.9 Å². The van der Waals surface area contributed by atoms with Crippen molar-refractivity contribution in [3.8, 4) is 6.07 Å². The summed E-state index contributed by atoms with van der Waals surface area (Å²) in [6.07, 6.45) is 2.32. The van der Waals surface area contributed by atoms with Gasteiger partial charge in [0, 0.05) is 25.2 Å². The predicted octanol–water partition coefficient (Wildman–Crippen LogP) is 2.13. The molecule has 0 radical (unpaired) electrons. The lowest BCUT2D eigenvalue weighted by Gasteiger charge is -2.36. The van der Waals surface area contributed by atoms with Gasteiger partial charge in [0.05, 0.1) is 12.0 Å². The summed E-state index contributed by atoms with van der Waals surface area (Å²) in [6, 6.07) is 6.95. The highest BCUT2D eigenvalue weighted by Crippen LogP contribution is 2.27. The van der Waals surface area contributed by atoms with Gasteiger partial charge in [-0.2, -0.15) is 5.26 Å². The third-order valence-electron chi connectivity index (χ3n) is 7.12. The summed E-state index contributed by atoms with van der Waals surface area (Å²) in [5, 5.41) is 31.5. The first kappa shape index (κ1) is 29.5. The second-order valence-corrected chi connectivity index (χ2v) is 10.4. The summed E-state index contributed by atoms with van der Waals surface area (Å²) in [4.78, 5) is 29.2. The molecule has 3 rings (SSSR count). The number of likely N-dealkylation sites (tertiary alicyclic amines) is 2. The van der Waals surface area contributed by atoms with Crippen LogP contribution in [-0.2, 0) is 16.0 Å². The van der Waals surface area contributed by atoms with E-state index in [0.717, 1.165) is 12.8 Å². The van der Waals surface area contributed by atoms with Crippen molar-refractivity contribution in [2.45, 2.75) is 69.6 Å². The number of halogens is 2. The number of carbonyl (C=O) groups is 2. The molecule has 0 aromatic heterocycles. The average Bonchev–Trinajstić information content (AvgIpc) is 3.34. The Hall–Kier alpha value is -3.01. The van der Waals surface area contributed by atoms with Crippen LogP contribution >= 0.6 is 0 Å². The largest absolute Gasteiger partial charge is 0.475 e. The molecule has 1 aromatic rings. The van der Waals surface area contributed by atoms with Crippen LogP contribution in [0.2, 0.25) is 0 Å². The molecule has 0 aliphatic carbocycles. The van der Waals surface area contributed by atoms with E-state index in [1.54, 1.807) is 6.08 Å². The third kappa shape index (κ3) is 8.00. The Kier molecular flexibility index (Phi) is 10.2. The second-order valence-electron chi connectivity index (χ2n) is 10.4. The topological polar surface area (TPSA) is 126 Å². The molecule has 2 aliphatic heterocycles. The van der Waals surface area contributed by atoms with Crippen LogP contribution in [0.4, 0.5) is 13.6 Å². The molecule has 206 valence electrons. The lowest BCUT2D eigenvalue weighted by atomic mass is 9.76. The van der Waals surface area contributed by atoms with Crippen LogP contribution in [0.3, 0.4) is 0 Å². The Balaban J connectivity index is 1.61. The first-order valence-corrected chi connectivity index (χ1v) is 12.9. The molecule has 3 N–H and O–H groups in total. The van der Waals surface area contributed by atoms with Gasteiger partial charge in [0.1, 0.15) is 30.2 Å². The van der Waals surface area contributed by atoms with E-state index in [1.165, 1.54) is 29.2 Å². The molecule has 2 fully saturated rings. The molecule has 12 heteroatoms. The Bertz CT molecular complexity index is 1050. The summed E-state index contributed by atoms with van der Waals surface area (Å²) in [7, 11) is -1.88. The molecule has 0 saturated carbocycles. The van der Waals surface area contributed by atoms with Crippen molar-refractivity contribution in [3.63, 3.8) is 0 Å².